The molecule has 5 nitrogen and oxygen atoms in total. The summed E-state index contributed by atoms with van der Waals surface area (Å²) in [6.45, 7) is 2.70. The van der Waals surface area contributed by atoms with E-state index in [1.165, 1.54) is 0 Å². The number of halogens is 1. The van der Waals surface area contributed by atoms with Crippen molar-refractivity contribution in [2.24, 2.45) is 0 Å². The first-order chi connectivity index (χ1) is 11.1. The van der Waals surface area contributed by atoms with Gasteiger partial charge in [-0.05, 0) is 17.7 Å². The maximum atomic E-state index is 11.1. The number of nitro benzene ring substituents is 1. The highest BCUT2D eigenvalue weighted by Crippen LogP contribution is 2.26. The second-order valence-electron chi connectivity index (χ2n) is 5.53. The zero-order valence-electron chi connectivity index (χ0n) is 12.5. The van der Waals surface area contributed by atoms with Gasteiger partial charge in [-0.15, -0.1) is 0 Å². The van der Waals surface area contributed by atoms with Crippen molar-refractivity contribution in [1.82, 2.24) is 4.90 Å². The van der Waals surface area contributed by atoms with Gasteiger partial charge in [-0.1, -0.05) is 46.3 Å². The third-order valence-electron chi connectivity index (χ3n) is 3.97. The lowest BCUT2D eigenvalue weighted by Gasteiger charge is -2.33. The average molecular weight is 377 g/mol. The van der Waals surface area contributed by atoms with Gasteiger partial charge in [-0.25, -0.2) is 0 Å². The average Bonchev–Trinajstić information content (AvgIpc) is 2.56. The summed E-state index contributed by atoms with van der Waals surface area (Å²) in [6.07, 6.45) is -0.000353. The number of hydrogen-bond donors (Lipinski definition) is 0. The first-order valence-corrected chi connectivity index (χ1v) is 8.24. The molecule has 0 radical (unpaired) electrons. The first-order valence-electron chi connectivity index (χ1n) is 7.45. The van der Waals surface area contributed by atoms with Crippen LogP contribution in [0.4, 0.5) is 5.69 Å². The summed E-state index contributed by atoms with van der Waals surface area (Å²) in [5, 5.41) is 11.1. The van der Waals surface area contributed by atoms with Crippen LogP contribution in [0.15, 0.2) is 53.0 Å². The normalized spacial score (nSPS) is 18.7. The Morgan fingerprint density at radius 3 is 2.70 bits per heavy atom. The van der Waals surface area contributed by atoms with Gasteiger partial charge in [0.2, 0.25) is 0 Å². The highest BCUT2D eigenvalue weighted by atomic mass is 79.9. The van der Waals surface area contributed by atoms with Crippen LogP contribution in [0, 0.1) is 10.1 Å². The van der Waals surface area contributed by atoms with E-state index < -0.39 is 0 Å². The number of hydrogen-bond acceptors (Lipinski definition) is 4. The zero-order chi connectivity index (χ0) is 16.2. The lowest BCUT2D eigenvalue weighted by atomic mass is 10.1. The largest absolute Gasteiger partial charge is 0.371 e. The van der Waals surface area contributed by atoms with Gasteiger partial charge in [-0.3, -0.25) is 15.0 Å². The molecular weight excluding hydrogens is 360 g/mol. The minimum atomic E-state index is -0.317. The molecule has 1 unspecified atom stereocenters. The predicted octanol–water partition coefficient (Wildman–Crippen LogP) is 3.93. The molecule has 23 heavy (non-hydrogen) atoms. The van der Waals surface area contributed by atoms with Crippen LogP contribution in [0.3, 0.4) is 0 Å². The van der Waals surface area contributed by atoms with Crippen LogP contribution in [-0.2, 0) is 11.3 Å². The Balaban J connectivity index is 1.72. The summed E-state index contributed by atoms with van der Waals surface area (Å²) >= 11 is 3.43. The monoisotopic (exact) mass is 376 g/mol. The van der Waals surface area contributed by atoms with Crippen LogP contribution >= 0.6 is 15.9 Å². The fourth-order valence-electron chi connectivity index (χ4n) is 2.79. The summed E-state index contributed by atoms with van der Waals surface area (Å²) in [5.41, 5.74) is 2.05. The summed E-state index contributed by atoms with van der Waals surface area (Å²) in [4.78, 5) is 13.0. The van der Waals surface area contributed by atoms with Crippen LogP contribution in [0.1, 0.15) is 17.2 Å². The summed E-state index contributed by atoms with van der Waals surface area (Å²) in [6, 6.07) is 15.0. The maximum Gasteiger partial charge on any atom is 0.273 e. The number of nitro groups is 1. The van der Waals surface area contributed by atoms with Gasteiger partial charge in [-0.2, -0.15) is 0 Å². The molecule has 0 aliphatic carbocycles. The van der Waals surface area contributed by atoms with Crippen molar-refractivity contribution < 1.29 is 9.66 Å². The Labute approximate surface area is 143 Å². The number of morpholine rings is 1. The van der Waals surface area contributed by atoms with Gasteiger partial charge in [0.05, 0.1) is 17.6 Å². The van der Waals surface area contributed by atoms with Gasteiger partial charge in [0, 0.05) is 35.7 Å². The van der Waals surface area contributed by atoms with E-state index in [-0.39, 0.29) is 16.7 Å². The van der Waals surface area contributed by atoms with Gasteiger partial charge < -0.3 is 4.74 Å². The Morgan fingerprint density at radius 2 is 1.96 bits per heavy atom. The third-order valence-corrected chi connectivity index (χ3v) is 4.50. The highest BCUT2D eigenvalue weighted by Gasteiger charge is 2.24. The number of nitrogens with zero attached hydrogens (tertiary/aromatic N) is 2. The second-order valence-corrected chi connectivity index (χ2v) is 6.45. The molecule has 1 saturated heterocycles. The van der Waals surface area contributed by atoms with E-state index in [1.54, 1.807) is 12.1 Å². The molecular formula is C17H17BrN2O3. The lowest BCUT2D eigenvalue weighted by Crippen LogP contribution is -2.37. The fraction of sp³-hybridized carbons (Fsp3) is 0.294. The van der Waals surface area contributed by atoms with Crippen LogP contribution in [-0.4, -0.2) is 29.5 Å². The molecule has 1 heterocycles. The van der Waals surface area contributed by atoms with Crippen molar-refractivity contribution in [2.45, 2.75) is 12.6 Å². The molecule has 1 atom stereocenters. The first kappa shape index (κ1) is 16.1. The maximum absolute atomic E-state index is 11.1. The van der Waals surface area contributed by atoms with Crippen LogP contribution in [0.5, 0.6) is 0 Å². The predicted molar refractivity (Wildman–Crippen MR) is 91.2 cm³/mol. The smallest absolute Gasteiger partial charge is 0.273 e. The van der Waals surface area contributed by atoms with E-state index in [2.05, 4.69) is 20.8 Å². The second kappa shape index (κ2) is 7.21. The molecule has 0 bridgehead atoms. The quantitative estimate of drug-likeness (QED) is 0.599. The summed E-state index contributed by atoms with van der Waals surface area (Å²) in [7, 11) is 0. The van der Waals surface area contributed by atoms with E-state index in [4.69, 9.17) is 4.74 Å². The van der Waals surface area contributed by atoms with Crippen LogP contribution < -0.4 is 0 Å². The van der Waals surface area contributed by atoms with E-state index in [1.807, 2.05) is 36.4 Å². The topological polar surface area (TPSA) is 55.6 Å². The van der Waals surface area contributed by atoms with Crippen LogP contribution in [0.2, 0.25) is 0 Å². The third kappa shape index (κ3) is 3.96. The van der Waals surface area contributed by atoms with E-state index >= 15 is 0 Å². The Kier molecular flexibility index (Phi) is 5.05. The Bertz CT molecular complexity index is 690. The molecule has 2 aromatic carbocycles. The van der Waals surface area contributed by atoms with Gasteiger partial charge in [0.15, 0.2) is 0 Å². The van der Waals surface area contributed by atoms with Gasteiger partial charge in [0.25, 0.3) is 5.69 Å². The molecule has 0 amide bonds. The number of rotatable bonds is 4. The van der Waals surface area contributed by atoms with Crippen molar-refractivity contribution in [3.8, 4) is 0 Å². The Morgan fingerprint density at radius 1 is 1.22 bits per heavy atom. The zero-order valence-corrected chi connectivity index (χ0v) is 14.1. The lowest BCUT2D eigenvalue weighted by molar-refractivity contribution is -0.385. The standard InChI is InChI=1S/C17H17BrN2O3/c18-15-7-5-13(6-8-15)17-12-19(9-10-23-17)11-14-3-1-2-4-16(14)20(21)22/h1-8,17H,9-12H2. The van der Waals surface area contributed by atoms with Crippen molar-refractivity contribution in [1.29, 1.82) is 0 Å². The van der Waals surface area contributed by atoms with Crippen molar-refractivity contribution in [2.75, 3.05) is 19.7 Å². The number of benzene rings is 2. The minimum Gasteiger partial charge on any atom is -0.371 e. The Hall–Kier alpha value is -1.76. The molecule has 120 valence electrons. The highest BCUT2D eigenvalue weighted by molar-refractivity contribution is 9.10. The van der Waals surface area contributed by atoms with Crippen molar-refractivity contribution >= 4 is 21.6 Å². The molecule has 1 aliphatic rings. The molecule has 0 aromatic heterocycles. The molecule has 6 heteroatoms. The minimum absolute atomic E-state index is 0.000353. The van der Waals surface area contributed by atoms with E-state index in [0.717, 1.165) is 28.7 Å². The SMILES string of the molecule is O=[N+]([O-])c1ccccc1CN1CCOC(c2ccc(Br)cc2)C1. The number of ether oxygens (including phenoxy) is 1. The molecule has 1 aliphatic heterocycles. The van der Waals surface area contributed by atoms with Crippen molar-refractivity contribution in [3.05, 3.63) is 74.2 Å². The van der Waals surface area contributed by atoms with Gasteiger partial charge >= 0.3 is 0 Å². The van der Waals surface area contributed by atoms with Crippen LogP contribution in [0.25, 0.3) is 0 Å². The fourth-order valence-corrected chi connectivity index (χ4v) is 3.05. The summed E-state index contributed by atoms with van der Waals surface area (Å²) in [5.74, 6) is 0. The van der Waals surface area contributed by atoms with E-state index in [9.17, 15) is 10.1 Å². The molecule has 1 fully saturated rings. The summed E-state index contributed by atoms with van der Waals surface area (Å²) < 4.78 is 6.89. The molecule has 3 rings (SSSR count). The molecule has 0 N–H and O–H groups in total. The van der Waals surface area contributed by atoms with E-state index in [0.29, 0.717) is 13.2 Å². The molecule has 0 saturated carbocycles. The van der Waals surface area contributed by atoms with Gasteiger partial charge in [0.1, 0.15) is 0 Å². The molecule has 0 spiro atoms. The van der Waals surface area contributed by atoms with Crippen molar-refractivity contribution in [3.63, 3.8) is 0 Å². The molecule has 2 aromatic rings. The number of para-hydroxylation sites is 1.